The van der Waals surface area contributed by atoms with Gasteiger partial charge in [-0.3, -0.25) is 0 Å². The van der Waals surface area contributed by atoms with Crippen LogP contribution in [0.2, 0.25) is 0 Å². The minimum atomic E-state index is 0.497. The highest BCUT2D eigenvalue weighted by molar-refractivity contribution is 5.25. The van der Waals surface area contributed by atoms with Gasteiger partial charge < -0.3 is 10.2 Å². The van der Waals surface area contributed by atoms with E-state index in [0.29, 0.717) is 5.41 Å². The van der Waals surface area contributed by atoms with Crippen molar-refractivity contribution >= 4 is 0 Å². The SMILES string of the molecule is CCC1(CN(C)Cc2ccccc2C)CCNC1. The van der Waals surface area contributed by atoms with Crippen LogP contribution in [0.25, 0.3) is 0 Å². The number of hydrogen-bond donors (Lipinski definition) is 1. The van der Waals surface area contributed by atoms with Crippen LogP contribution in [-0.2, 0) is 6.54 Å². The van der Waals surface area contributed by atoms with Gasteiger partial charge in [-0.25, -0.2) is 0 Å². The van der Waals surface area contributed by atoms with Gasteiger partial charge in [0.25, 0.3) is 0 Å². The number of nitrogens with zero attached hydrogens (tertiary/aromatic N) is 1. The summed E-state index contributed by atoms with van der Waals surface area (Å²) in [6, 6.07) is 8.71. The molecule has 1 aliphatic heterocycles. The fourth-order valence-electron chi connectivity index (χ4n) is 3.05. The summed E-state index contributed by atoms with van der Waals surface area (Å²) in [7, 11) is 2.25. The third-order valence-corrected chi connectivity index (χ3v) is 4.39. The van der Waals surface area contributed by atoms with Crippen LogP contribution in [0.4, 0.5) is 0 Å². The predicted octanol–water partition coefficient (Wildman–Crippen LogP) is 2.82. The Kier molecular flexibility index (Phi) is 4.41. The first kappa shape index (κ1) is 13.6. The van der Waals surface area contributed by atoms with Crippen LogP contribution in [0, 0.1) is 12.3 Å². The fraction of sp³-hybridized carbons (Fsp3) is 0.625. The highest BCUT2D eigenvalue weighted by atomic mass is 15.1. The van der Waals surface area contributed by atoms with Gasteiger partial charge in [0.05, 0.1) is 0 Å². The Morgan fingerprint density at radius 2 is 2.11 bits per heavy atom. The van der Waals surface area contributed by atoms with E-state index in [9.17, 15) is 0 Å². The van der Waals surface area contributed by atoms with Crippen LogP contribution in [-0.4, -0.2) is 31.6 Å². The Morgan fingerprint density at radius 1 is 1.33 bits per heavy atom. The van der Waals surface area contributed by atoms with Gasteiger partial charge >= 0.3 is 0 Å². The van der Waals surface area contributed by atoms with Crippen molar-refractivity contribution in [3.05, 3.63) is 35.4 Å². The van der Waals surface area contributed by atoms with Crippen molar-refractivity contribution in [2.75, 3.05) is 26.7 Å². The zero-order valence-corrected chi connectivity index (χ0v) is 12.0. The Morgan fingerprint density at radius 3 is 2.72 bits per heavy atom. The molecule has 2 nitrogen and oxygen atoms in total. The highest BCUT2D eigenvalue weighted by Gasteiger charge is 2.32. The summed E-state index contributed by atoms with van der Waals surface area (Å²) in [5.41, 5.74) is 3.36. The van der Waals surface area contributed by atoms with E-state index in [-0.39, 0.29) is 0 Å². The quantitative estimate of drug-likeness (QED) is 0.859. The van der Waals surface area contributed by atoms with Crippen molar-refractivity contribution in [2.24, 2.45) is 5.41 Å². The molecule has 0 saturated carbocycles. The van der Waals surface area contributed by atoms with Gasteiger partial charge in [0.2, 0.25) is 0 Å². The average molecular weight is 246 g/mol. The molecule has 18 heavy (non-hydrogen) atoms. The van der Waals surface area contributed by atoms with E-state index in [2.05, 4.69) is 55.4 Å². The first-order valence-corrected chi connectivity index (χ1v) is 7.09. The lowest BCUT2D eigenvalue weighted by molar-refractivity contribution is 0.179. The van der Waals surface area contributed by atoms with E-state index in [1.807, 2.05) is 0 Å². The normalized spacial score (nSPS) is 23.8. The van der Waals surface area contributed by atoms with Crippen LogP contribution < -0.4 is 5.32 Å². The topological polar surface area (TPSA) is 15.3 Å². The molecule has 2 heteroatoms. The first-order valence-electron chi connectivity index (χ1n) is 7.09. The van der Waals surface area contributed by atoms with Gasteiger partial charge in [-0.05, 0) is 49.9 Å². The lowest BCUT2D eigenvalue weighted by Gasteiger charge is -2.32. The summed E-state index contributed by atoms with van der Waals surface area (Å²) in [6.07, 6.45) is 2.60. The van der Waals surface area contributed by atoms with Gasteiger partial charge in [-0.2, -0.15) is 0 Å². The summed E-state index contributed by atoms with van der Waals surface area (Å²) in [5, 5.41) is 3.52. The molecule has 2 rings (SSSR count). The standard InChI is InChI=1S/C16H26N2/c1-4-16(9-10-17-12-16)13-18(3)11-15-8-6-5-7-14(15)2/h5-8,17H,4,9-13H2,1-3H3. The number of hydrogen-bond acceptors (Lipinski definition) is 2. The second kappa shape index (κ2) is 5.85. The molecule has 1 fully saturated rings. The van der Waals surface area contributed by atoms with E-state index in [0.717, 1.165) is 6.54 Å². The van der Waals surface area contributed by atoms with Crippen molar-refractivity contribution in [3.8, 4) is 0 Å². The molecule has 0 spiro atoms. The van der Waals surface area contributed by atoms with E-state index in [1.165, 1.54) is 43.6 Å². The molecule has 0 aliphatic carbocycles. The van der Waals surface area contributed by atoms with Gasteiger partial charge in [0, 0.05) is 19.6 Å². The second-order valence-corrected chi connectivity index (χ2v) is 5.88. The summed E-state index contributed by atoms with van der Waals surface area (Å²) in [5.74, 6) is 0. The molecule has 1 heterocycles. The second-order valence-electron chi connectivity index (χ2n) is 5.88. The van der Waals surface area contributed by atoms with Gasteiger partial charge in [0.15, 0.2) is 0 Å². The lowest BCUT2D eigenvalue weighted by Crippen LogP contribution is -2.36. The zero-order valence-electron chi connectivity index (χ0n) is 12.0. The molecule has 1 aromatic rings. The summed E-state index contributed by atoms with van der Waals surface area (Å²) >= 11 is 0. The summed E-state index contributed by atoms with van der Waals surface area (Å²) in [6.45, 7) is 9.16. The van der Waals surface area contributed by atoms with Crippen LogP contribution in [0.15, 0.2) is 24.3 Å². The van der Waals surface area contributed by atoms with E-state index < -0.39 is 0 Å². The Balaban J connectivity index is 1.96. The minimum Gasteiger partial charge on any atom is -0.316 e. The van der Waals surface area contributed by atoms with Crippen molar-refractivity contribution in [1.29, 1.82) is 0 Å². The van der Waals surface area contributed by atoms with Crippen LogP contribution in [0.5, 0.6) is 0 Å². The maximum atomic E-state index is 3.52. The van der Waals surface area contributed by atoms with Crippen molar-refractivity contribution in [2.45, 2.75) is 33.2 Å². The summed E-state index contributed by atoms with van der Waals surface area (Å²) < 4.78 is 0. The molecular weight excluding hydrogens is 220 g/mol. The first-order chi connectivity index (χ1) is 8.65. The minimum absolute atomic E-state index is 0.497. The Hall–Kier alpha value is -0.860. The molecule has 1 saturated heterocycles. The molecule has 1 N–H and O–H groups in total. The number of rotatable bonds is 5. The zero-order chi connectivity index (χ0) is 13.0. The van der Waals surface area contributed by atoms with Crippen molar-refractivity contribution < 1.29 is 0 Å². The van der Waals surface area contributed by atoms with Gasteiger partial charge in [-0.15, -0.1) is 0 Å². The maximum absolute atomic E-state index is 3.52. The highest BCUT2D eigenvalue weighted by Crippen LogP contribution is 2.30. The lowest BCUT2D eigenvalue weighted by atomic mass is 9.83. The molecule has 1 aliphatic rings. The van der Waals surface area contributed by atoms with Crippen molar-refractivity contribution in [1.82, 2.24) is 10.2 Å². The monoisotopic (exact) mass is 246 g/mol. The van der Waals surface area contributed by atoms with Crippen LogP contribution in [0.3, 0.4) is 0 Å². The molecule has 1 atom stereocenters. The van der Waals surface area contributed by atoms with E-state index in [4.69, 9.17) is 0 Å². The van der Waals surface area contributed by atoms with Crippen LogP contribution in [0.1, 0.15) is 30.9 Å². The van der Waals surface area contributed by atoms with Gasteiger partial charge in [-0.1, -0.05) is 31.2 Å². The molecule has 1 unspecified atom stereocenters. The maximum Gasteiger partial charge on any atom is 0.0233 e. The molecule has 100 valence electrons. The van der Waals surface area contributed by atoms with E-state index in [1.54, 1.807) is 0 Å². The predicted molar refractivity (Wildman–Crippen MR) is 77.7 cm³/mol. The van der Waals surface area contributed by atoms with E-state index >= 15 is 0 Å². The third-order valence-electron chi connectivity index (χ3n) is 4.39. The molecule has 0 aromatic heterocycles. The van der Waals surface area contributed by atoms with Crippen molar-refractivity contribution in [3.63, 3.8) is 0 Å². The molecule has 0 radical (unpaired) electrons. The smallest absolute Gasteiger partial charge is 0.0233 e. The molecular formula is C16H26N2. The Labute approximate surface area is 111 Å². The largest absolute Gasteiger partial charge is 0.316 e. The number of benzene rings is 1. The molecule has 0 bridgehead atoms. The fourth-order valence-corrected chi connectivity index (χ4v) is 3.05. The summed E-state index contributed by atoms with van der Waals surface area (Å²) in [4.78, 5) is 2.48. The third kappa shape index (κ3) is 3.12. The average Bonchev–Trinajstić information content (AvgIpc) is 2.81. The van der Waals surface area contributed by atoms with Gasteiger partial charge in [0.1, 0.15) is 0 Å². The number of aryl methyl sites for hydroxylation is 1. The Bertz CT molecular complexity index is 380. The number of nitrogens with one attached hydrogen (secondary N) is 1. The van der Waals surface area contributed by atoms with Crippen LogP contribution >= 0.6 is 0 Å². The molecule has 1 aromatic carbocycles. The molecule has 0 amide bonds.